The fraction of sp³-hybridized carbons (Fsp3) is 0.857. The lowest BCUT2D eigenvalue weighted by Crippen LogP contribution is -2.38. The molecule has 1 amide bonds. The molecule has 0 spiro atoms. The normalized spacial score (nSPS) is 13.0. The summed E-state index contributed by atoms with van der Waals surface area (Å²) in [4.78, 5) is 15.2. The number of likely N-dealkylation sites (N-methyl/N-ethyl adjacent to an activating group) is 1. The number of aryl methyl sites for hydroxylation is 1. The van der Waals surface area contributed by atoms with Gasteiger partial charge < -0.3 is 5.73 Å². The van der Waals surface area contributed by atoms with Crippen LogP contribution in [-0.2, 0) is 11.3 Å². The summed E-state index contributed by atoms with van der Waals surface area (Å²) < 4.78 is 0. The molecule has 1 atom stereocenters. The molecule has 2 N–H and O–H groups in total. The number of rotatable bonds is 10. The second-order valence-electron chi connectivity index (χ2n) is 5.66. The van der Waals surface area contributed by atoms with Gasteiger partial charge in [-0.05, 0) is 30.6 Å². The number of carbonyl (C=O) groups is 1. The van der Waals surface area contributed by atoms with E-state index >= 15 is 0 Å². The van der Waals surface area contributed by atoms with Gasteiger partial charge in [-0.25, -0.2) is 0 Å². The second-order valence-corrected chi connectivity index (χ2v) is 5.66. The van der Waals surface area contributed by atoms with Gasteiger partial charge in [0.2, 0.25) is 11.7 Å². The van der Waals surface area contributed by atoms with Crippen LogP contribution in [0.25, 0.3) is 0 Å². The maximum atomic E-state index is 11.7. The summed E-state index contributed by atoms with van der Waals surface area (Å²) in [5, 5.41) is 12.4. The molecule has 7 nitrogen and oxygen atoms in total. The van der Waals surface area contributed by atoms with Gasteiger partial charge in [0.05, 0.1) is 6.54 Å². The summed E-state index contributed by atoms with van der Waals surface area (Å²) in [7, 11) is 0. The Bertz CT molecular complexity index is 427. The molecule has 1 aromatic heterocycles. The molecule has 0 aliphatic rings. The smallest absolute Gasteiger partial charge is 0.242 e. The molecule has 0 bridgehead atoms. The Hall–Kier alpha value is -1.50. The van der Waals surface area contributed by atoms with E-state index in [1.807, 2.05) is 18.7 Å². The van der Waals surface area contributed by atoms with Gasteiger partial charge in [0.25, 0.3) is 0 Å². The Morgan fingerprint density at radius 3 is 2.48 bits per heavy atom. The van der Waals surface area contributed by atoms with Crippen molar-refractivity contribution in [1.29, 1.82) is 0 Å². The van der Waals surface area contributed by atoms with Gasteiger partial charge in [-0.1, -0.05) is 40.5 Å². The predicted molar refractivity (Wildman–Crippen MR) is 81.4 cm³/mol. The average molecular weight is 296 g/mol. The molecule has 1 heterocycles. The van der Waals surface area contributed by atoms with Crippen LogP contribution in [0.2, 0.25) is 0 Å². The van der Waals surface area contributed by atoms with Gasteiger partial charge in [0.15, 0.2) is 6.04 Å². The number of tetrazole rings is 1. The number of aromatic nitrogens is 4. The predicted octanol–water partition coefficient (Wildman–Crippen LogP) is 1.37. The van der Waals surface area contributed by atoms with Crippen molar-refractivity contribution in [3.8, 4) is 0 Å². The van der Waals surface area contributed by atoms with E-state index in [-0.39, 0.29) is 0 Å². The highest BCUT2D eigenvalue weighted by molar-refractivity contribution is 5.80. The first-order valence-electron chi connectivity index (χ1n) is 7.80. The molecule has 1 rings (SSSR count). The lowest BCUT2D eigenvalue weighted by atomic mass is 10.1. The van der Waals surface area contributed by atoms with Crippen LogP contribution in [-0.4, -0.2) is 44.1 Å². The molecule has 1 unspecified atom stereocenters. The largest absolute Gasteiger partial charge is 0.368 e. The molecule has 0 fully saturated rings. The van der Waals surface area contributed by atoms with Crippen LogP contribution >= 0.6 is 0 Å². The van der Waals surface area contributed by atoms with E-state index in [0.29, 0.717) is 24.8 Å². The Labute approximate surface area is 126 Å². The first-order chi connectivity index (χ1) is 9.99. The minimum Gasteiger partial charge on any atom is -0.368 e. The first-order valence-corrected chi connectivity index (χ1v) is 7.80. The van der Waals surface area contributed by atoms with Crippen LogP contribution in [0.15, 0.2) is 0 Å². The highest BCUT2D eigenvalue weighted by atomic mass is 16.1. The summed E-state index contributed by atoms with van der Waals surface area (Å²) in [6, 6.07) is -0.593. The van der Waals surface area contributed by atoms with Crippen LogP contribution in [0.4, 0.5) is 0 Å². The SMILES string of the molecule is CCN(CC)C(C(N)=O)c1nnn(CCCCC(C)C)n1. The average Bonchev–Trinajstić information content (AvgIpc) is 2.88. The molecule has 120 valence electrons. The summed E-state index contributed by atoms with van der Waals surface area (Å²) in [6.07, 6.45) is 3.36. The fourth-order valence-corrected chi connectivity index (χ4v) is 2.32. The van der Waals surface area contributed by atoms with Crippen molar-refractivity contribution in [2.45, 2.75) is 59.5 Å². The zero-order chi connectivity index (χ0) is 15.8. The maximum Gasteiger partial charge on any atom is 0.242 e. The third kappa shape index (κ3) is 5.41. The summed E-state index contributed by atoms with van der Waals surface area (Å²) in [5.74, 6) is 0.680. The maximum absolute atomic E-state index is 11.7. The van der Waals surface area contributed by atoms with Gasteiger partial charge in [-0.3, -0.25) is 9.69 Å². The zero-order valence-electron chi connectivity index (χ0n) is 13.6. The lowest BCUT2D eigenvalue weighted by molar-refractivity contribution is -0.123. The Balaban J connectivity index is 2.64. The van der Waals surface area contributed by atoms with Crippen LogP contribution in [0.5, 0.6) is 0 Å². The second kappa shape index (κ2) is 8.71. The molecular weight excluding hydrogens is 268 g/mol. The van der Waals surface area contributed by atoms with Crippen LogP contribution in [0.3, 0.4) is 0 Å². The molecule has 0 aliphatic heterocycles. The number of hydrogen-bond donors (Lipinski definition) is 1. The van der Waals surface area contributed by atoms with E-state index in [0.717, 1.165) is 19.4 Å². The number of amides is 1. The van der Waals surface area contributed by atoms with E-state index in [4.69, 9.17) is 5.73 Å². The van der Waals surface area contributed by atoms with Gasteiger partial charge in [-0.2, -0.15) is 4.80 Å². The van der Waals surface area contributed by atoms with Gasteiger partial charge in [0.1, 0.15) is 0 Å². The lowest BCUT2D eigenvalue weighted by Gasteiger charge is -2.24. The molecule has 0 saturated heterocycles. The zero-order valence-corrected chi connectivity index (χ0v) is 13.6. The third-order valence-corrected chi connectivity index (χ3v) is 3.55. The van der Waals surface area contributed by atoms with Crippen molar-refractivity contribution in [3.05, 3.63) is 5.82 Å². The van der Waals surface area contributed by atoms with Crippen LogP contribution < -0.4 is 5.73 Å². The topological polar surface area (TPSA) is 89.9 Å². The Morgan fingerprint density at radius 2 is 1.95 bits per heavy atom. The van der Waals surface area contributed by atoms with Crippen LogP contribution in [0, 0.1) is 5.92 Å². The van der Waals surface area contributed by atoms with Crippen molar-refractivity contribution in [1.82, 2.24) is 25.1 Å². The van der Waals surface area contributed by atoms with E-state index in [1.165, 1.54) is 6.42 Å². The van der Waals surface area contributed by atoms with E-state index in [1.54, 1.807) is 4.80 Å². The van der Waals surface area contributed by atoms with Crippen LogP contribution in [0.1, 0.15) is 58.8 Å². The Morgan fingerprint density at radius 1 is 1.29 bits per heavy atom. The van der Waals surface area contributed by atoms with Gasteiger partial charge >= 0.3 is 0 Å². The molecule has 0 aromatic carbocycles. The highest BCUT2D eigenvalue weighted by Crippen LogP contribution is 2.15. The molecule has 7 heteroatoms. The number of unbranched alkanes of at least 4 members (excludes halogenated alkanes) is 1. The molecule has 21 heavy (non-hydrogen) atoms. The number of carbonyl (C=O) groups excluding carboxylic acids is 1. The van der Waals surface area contributed by atoms with Crippen molar-refractivity contribution >= 4 is 5.91 Å². The summed E-state index contributed by atoms with van der Waals surface area (Å²) in [5.41, 5.74) is 5.49. The van der Waals surface area contributed by atoms with Gasteiger partial charge in [0, 0.05) is 0 Å². The highest BCUT2D eigenvalue weighted by Gasteiger charge is 2.28. The number of primary amides is 1. The molecule has 1 aromatic rings. The standard InChI is InChI=1S/C14H28N6O/c1-5-19(6-2)12(13(15)21)14-16-18-20(17-14)10-8-7-9-11(3)4/h11-12H,5-10H2,1-4H3,(H2,15,21). The third-order valence-electron chi connectivity index (χ3n) is 3.55. The number of hydrogen-bond acceptors (Lipinski definition) is 5. The van der Waals surface area contributed by atoms with E-state index in [9.17, 15) is 4.79 Å². The van der Waals surface area contributed by atoms with Crippen molar-refractivity contribution < 1.29 is 4.79 Å². The molecular formula is C14H28N6O. The van der Waals surface area contributed by atoms with Gasteiger partial charge in [-0.15, -0.1) is 10.2 Å². The summed E-state index contributed by atoms with van der Waals surface area (Å²) in [6.45, 7) is 10.6. The van der Waals surface area contributed by atoms with Crippen molar-refractivity contribution in [3.63, 3.8) is 0 Å². The minimum atomic E-state index is -0.593. The number of nitrogens with two attached hydrogens (primary N) is 1. The first kappa shape index (κ1) is 17.6. The molecule has 0 aliphatic carbocycles. The number of nitrogens with zero attached hydrogens (tertiary/aromatic N) is 5. The minimum absolute atomic E-state index is 0.398. The molecule has 0 radical (unpaired) electrons. The fourth-order valence-electron chi connectivity index (χ4n) is 2.32. The molecule has 0 saturated carbocycles. The van der Waals surface area contributed by atoms with E-state index < -0.39 is 11.9 Å². The quantitative estimate of drug-likeness (QED) is 0.659. The monoisotopic (exact) mass is 296 g/mol. The Kier molecular flexibility index (Phi) is 7.28. The van der Waals surface area contributed by atoms with Crippen molar-refractivity contribution in [2.24, 2.45) is 11.7 Å². The van der Waals surface area contributed by atoms with Crippen molar-refractivity contribution in [2.75, 3.05) is 13.1 Å². The van der Waals surface area contributed by atoms with E-state index in [2.05, 4.69) is 29.3 Å². The summed E-state index contributed by atoms with van der Waals surface area (Å²) >= 11 is 0.